The van der Waals surface area contributed by atoms with Gasteiger partial charge in [-0.15, -0.1) is 11.3 Å². The minimum atomic E-state index is -3.49. The third-order valence-corrected chi connectivity index (χ3v) is 7.75. The van der Waals surface area contributed by atoms with Gasteiger partial charge in [0.25, 0.3) is 10.0 Å². The maximum atomic E-state index is 13.0. The van der Waals surface area contributed by atoms with E-state index in [-0.39, 0.29) is 6.04 Å². The Kier molecular flexibility index (Phi) is 4.59. The first-order valence-corrected chi connectivity index (χ1v) is 9.94. The number of hydrogen-bond acceptors (Lipinski definition) is 5. The first-order valence-electron chi connectivity index (χ1n) is 7.69. The minimum Gasteiger partial charge on any atom is -0.493 e. The third kappa shape index (κ3) is 2.92. The second-order valence-corrected chi connectivity index (χ2v) is 9.35. The molecule has 1 aliphatic rings. The quantitative estimate of drug-likeness (QED) is 0.833. The van der Waals surface area contributed by atoms with Crippen molar-refractivity contribution >= 4 is 21.4 Å². The van der Waals surface area contributed by atoms with Gasteiger partial charge in [0.2, 0.25) is 0 Å². The molecule has 1 atom stereocenters. The predicted molar refractivity (Wildman–Crippen MR) is 94.5 cm³/mol. The fraction of sp³-hybridized carbons (Fsp3) is 0.412. The van der Waals surface area contributed by atoms with E-state index in [0.29, 0.717) is 28.7 Å². The summed E-state index contributed by atoms with van der Waals surface area (Å²) in [7, 11) is -0.303. The van der Waals surface area contributed by atoms with Crippen LogP contribution in [0.1, 0.15) is 22.9 Å². The van der Waals surface area contributed by atoms with Gasteiger partial charge in [0.1, 0.15) is 4.21 Å². The van der Waals surface area contributed by atoms with E-state index in [9.17, 15) is 8.42 Å². The van der Waals surface area contributed by atoms with E-state index in [2.05, 4.69) is 0 Å². The fourth-order valence-electron chi connectivity index (χ4n) is 3.03. The second kappa shape index (κ2) is 6.38. The first kappa shape index (κ1) is 17.3. The summed E-state index contributed by atoms with van der Waals surface area (Å²) in [6.45, 7) is 4.20. The molecule has 130 valence electrons. The Bertz CT molecular complexity index is 857. The Morgan fingerprint density at radius 3 is 2.29 bits per heavy atom. The maximum Gasteiger partial charge on any atom is 0.253 e. The van der Waals surface area contributed by atoms with E-state index in [1.165, 1.54) is 11.3 Å². The standard InChI is InChI=1S/C17H21NO4S2/c1-11-7-13-8-15(21-3)16(22-4)9-14(13)10-18(11)24(19,20)17-6-5-12(2)23-17/h5-6,8-9,11H,7,10H2,1-4H3. The van der Waals surface area contributed by atoms with Crippen LogP contribution in [0.4, 0.5) is 0 Å². The second-order valence-electron chi connectivity index (χ2n) is 5.94. The molecule has 1 aromatic heterocycles. The van der Waals surface area contributed by atoms with Crippen LogP contribution in [0.5, 0.6) is 11.5 Å². The number of aryl methyl sites for hydroxylation is 1. The summed E-state index contributed by atoms with van der Waals surface area (Å²) >= 11 is 1.31. The van der Waals surface area contributed by atoms with E-state index in [1.54, 1.807) is 24.6 Å². The van der Waals surface area contributed by atoms with Gasteiger partial charge in [0, 0.05) is 17.5 Å². The lowest BCUT2D eigenvalue weighted by Gasteiger charge is -2.34. The average molecular weight is 367 g/mol. The molecule has 0 aliphatic carbocycles. The molecule has 0 bridgehead atoms. The topological polar surface area (TPSA) is 55.8 Å². The lowest BCUT2D eigenvalue weighted by molar-refractivity contribution is 0.305. The van der Waals surface area contributed by atoms with Gasteiger partial charge in [-0.25, -0.2) is 8.42 Å². The number of hydrogen-bond donors (Lipinski definition) is 0. The zero-order valence-electron chi connectivity index (χ0n) is 14.2. The zero-order chi connectivity index (χ0) is 17.5. The van der Waals surface area contributed by atoms with Gasteiger partial charge < -0.3 is 9.47 Å². The molecule has 0 fully saturated rings. The molecular formula is C17H21NO4S2. The maximum absolute atomic E-state index is 13.0. The van der Waals surface area contributed by atoms with Crippen LogP contribution in [0.2, 0.25) is 0 Å². The summed E-state index contributed by atoms with van der Waals surface area (Å²) in [5, 5.41) is 0. The molecule has 24 heavy (non-hydrogen) atoms. The smallest absolute Gasteiger partial charge is 0.253 e. The molecule has 1 aromatic carbocycles. The van der Waals surface area contributed by atoms with Crippen LogP contribution in [-0.4, -0.2) is 33.0 Å². The molecule has 7 heteroatoms. The van der Waals surface area contributed by atoms with Crippen LogP contribution < -0.4 is 9.47 Å². The van der Waals surface area contributed by atoms with Crippen molar-refractivity contribution < 1.29 is 17.9 Å². The van der Waals surface area contributed by atoms with Gasteiger partial charge in [0.15, 0.2) is 11.5 Å². The highest BCUT2D eigenvalue weighted by Gasteiger charge is 2.34. The lowest BCUT2D eigenvalue weighted by atomic mass is 9.96. The first-order chi connectivity index (χ1) is 11.4. The molecule has 0 saturated heterocycles. The minimum absolute atomic E-state index is 0.108. The number of nitrogens with zero attached hydrogens (tertiary/aromatic N) is 1. The summed E-state index contributed by atoms with van der Waals surface area (Å²) in [6.07, 6.45) is 0.652. The summed E-state index contributed by atoms with van der Waals surface area (Å²) in [5.41, 5.74) is 2.07. The SMILES string of the molecule is COc1cc2c(cc1OC)CN(S(=O)(=O)c1ccc(C)s1)C(C)C2. The number of methoxy groups -OCH3 is 2. The Labute approximate surface area is 146 Å². The third-order valence-electron chi connectivity index (χ3n) is 4.32. The van der Waals surface area contributed by atoms with Crippen molar-refractivity contribution in [2.24, 2.45) is 0 Å². The number of benzene rings is 1. The highest BCUT2D eigenvalue weighted by molar-refractivity contribution is 7.91. The highest BCUT2D eigenvalue weighted by atomic mass is 32.2. The molecule has 0 radical (unpaired) electrons. The van der Waals surface area contributed by atoms with E-state index in [0.717, 1.165) is 16.0 Å². The molecule has 0 spiro atoms. The summed E-state index contributed by atoms with van der Waals surface area (Å²) in [5.74, 6) is 1.30. The van der Waals surface area contributed by atoms with Gasteiger partial charge in [-0.1, -0.05) is 0 Å². The molecule has 1 unspecified atom stereocenters. The van der Waals surface area contributed by atoms with Gasteiger partial charge in [-0.05, 0) is 55.7 Å². The monoisotopic (exact) mass is 367 g/mol. The molecule has 3 rings (SSSR count). The normalized spacial score (nSPS) is 18.2. The fourth-order valence-corrected chi connectivity index (χ4v) is 6.05. The Balaban J connectivity index is 2.00. The molecule has 0 saturated carbocycles. The molecule has 2 heterocycles. The largest absolute Gasteiger partial charge is 0.493 e. The van der Waals surface area contributed by atoms with Crippen molar-refractivity contribution in [1.82, 2.24) is 4.31 Å². The summed E-state index contributed by atoms with van der Waals surface area (Å²) < 4.78 is 38.6. The van der Waals surface area contributed by atoms with Gasteiger partial charge >= 0.3 is 0 Å². The van der Waals surface area contributed by atoms with Crippen LogP contribution in [0, 0.1) is 6.92 Å². The molecule has 2 aromatic rings. The van der Waals surface area contributed by atoms with Crippen molar-refractivity contribution in [2.75, 3.05) is 14.2 Å². The van der Waals surface area contributed by atoms with Crippen LogP contribution >= 0.6 is 11.3 Å². The van der Waals surface area contributed by atoms with E-state index >= 15 is 0 Å². The number of ether oxygens (including phenoxy) is 2. The lowest BCUT2D eigenvalue weighted by Crippen LogP contribution is -2.42. The number of rotatable bonds is 4. The average Bonchev–Trinajstić information content (AvgIpc) is 3.00. The number of sulfonamides is 1. The van der Waals surface area contributed by atoms with Crippen LogP contribution in [0.15, 0.2) is 28.5 Å². The van der Waals surface area contributed by atoms with E-state index < -0.39 is 10.0 Å². The Hall–Kier alpha value is -1.57. The van der Waals surface area contributed by atoms with Gasteiger partial charge in [-0.3, -0.25) is 0 Å². The van der Waals surface area contributed by atoms with Crippen molar-refractivity contribution in [2.45, 2.75) is 37.1 Å². The summed E-state index contributed by atoms with van der Waals surface area (Å²) in [4.78, 5) is 0.991. The van der Waals surface area contributed by atoms with Crippen LogP contribution in [0.25, 0.3) is 0 Å². The van der Waals surface area contributed by atoms with Crippen molar-refractivity contribution in [3.8, 4) is 11.5 Å². The van der Waals surface area contributed by atoms with Crippen LogP contribution in [0.3, 0.4) is 0 Å². The van der Waals surface area contributed by atoms with Crippen molar-refractivity contribution in [1.29, 1.82) is 0 Å². The zero-order valence-corrected chi connectivity index (χ0v) is 15.8. The van der Waals surface area contributed by atoms with E-state index in [1.807, 2.05) is 32.0 Å². The van der Waals surface area contributed by atoms with Gasteiger partial charge in [0.05, 0.1) is 14.2 Å². The van der Waals surface area contributed by atoms with E-state index in [4.69, 9.17) is 9.47 Å². The molecular weight excluding hydrogens is 346 g/mol. The molecule has 5 nitrogen and oxygen atoms in total. The Morgan fingerprint density at radius 1 is 1.12 bits per heavy atom. The number of fused-ring (bicyclic) bond motifs is 1. The molecule has 1 aliphatic heterocycles. The van der Waals surface area contributed by atoms with Crippen molar-refractivity contribution in [3.63, 3.8) is 0 Å². The highest BCUT2D eigenvalue weighted by Crippen LogP contribution is 2.37. The number of thiophene rings is 1. The molecule has 0 amide bonds. The van der Waals surface area contributed by atoms with Crippen molar-refractivity contribution in [3.05, 3.63) is 40.3 Å². The van der Waals surface area contributed by atoms with Gasteiger partial charge in [-0.2, -0.15) is 4.31 Å². The predicted octanol–water partition coefficient (Wildman–Crippen LogP) is 3.21. The summed E-state index contributed by atoms with van der Waals surface area (Å²) in [6, 6.07) is 7.25. The Morgan fingerprint density at radius 2 is 1.75 bits per heavy atom. The molecule has 0 N–H and O–H groups in total. The van der Waals surface area contributed by atoms with Crippen LogP contribution in [-0.2, 0) is 23.0 Å².